The summed E-state index contributed by atoms with van der Waals surface area (Å²) in [5.41, 5.74) is 0.769. The number of hydrogen-bond acceptors (Lipinski definition) is 2. The first-order chi connectivity index (χ1) is 8.40. The Bertz CT molecular complexity index is 459. The van der Waals surface area contributed by atoms with Gasteiger partial charge in [0.15, 0.2) is 0 Å². The van der Waals surface area contributed by atoms with Crippen molar-refractivity contribution in [3.8, 4) is 0 Å². The van der Waals surface area contributed by atoms with E-state index in [0.717, 1.165) is 5.56 Å². The van der Waals surface area contributed by atoms with Crippen molar-refractivity contribution < 1.29 is 9.53 Å². The van der Waals surface area contributed by atoms with Crippen LogP contribution in [0.3, 0.4) is 0 Å². The Hall–Kier alpha value is -1.06. The monoisotopic (exact) mass is 267 g/mol. The summed E-state index contributed by atoms with van der Waals surface area (Å²) in [6.45, 7) is 6.74. The fourth-order valence-electron chi connectivity index (χ4n) is 2.31. The summed E-state index contributed by atoms with van der Waals surface area (Å²) >= 11 is 5.98. The van der Waals surface area contributed by atoms with E-state index in [9.17, 15) is 4.79 Å². The SMILES string of the molecule is CC(=O)N1CC(c2cccc(Cl)c2)OCC1(C)C. The van der Waals surface area contributed by atoms with Gasteiger partial charge in [0.25, 0.3) is 0 Å². The number of rotatable bonds is 1. The maximum Gasteiger partial charge on any atom is 0.220 e. The first-order valence-corrected chi connectivity index (χ1v) is 6.43. The van der Waals surface area contributed by atoms with Crippen molar-refractivity contribution in [3.63, 3.8) is 0 Å². The van der Waals surface area contributed by atoms with Crippen molar-refractivity contribution >= 4 is 17.5 Å². The lowest BCUT2D eigenvalue weighted by atomic mass is 9.98. The highest BCUT2D eigenvalue weighted by molar-refractivity contribution is 6.30. The van der Waals surface area contributed by atoms with E-state index < -0.39 is 0 Å². The Balaban J connectivity index is 2.21. The van der Waals surface area contributed by atoms with Crippen LogP contribution < -0.4 is 0 Å². The highest BCUT2D eigenvalue weighted by Crippen LogP contribution is 2.31. The quantitative estimate of drug-likeness (QED) is 0.783. The molecule has 1 heterocycles. The van der Waals surface area contributed by atoms with Crippen LogP contribution in [-0.4, -0.2) is 29.5 Å². The summed E-state index contributed by atoms with van der Waals surface area (Å²) in [6.07, 6.45) is -0.0966. The van der Waals surface area contributed by atoms with Gasteiger partial charge >= 0.3 is 0 Å². The Labute approximate surface area is 113 Å². The fourth-order valence-corrected chi connectivity index (χ4v) is 2.51. The number of carbonyl (C=O) groups excluding carboxylic acids is 1. The van der Waals surface area contributed by atoms with Gasteiger partial charge in [-0.3, -0.25) is 4.79 Å². The van der Waals surface area contributed by atoms with Crippen LogP contribution in [-0.2, 0) is 9.53 Å². The van der Waals surface area contributed by atoms with E-state index >= 15 is 0 Å². The molecule has 1 amide bonds. The van der Waals surface area contributed by atoms with E-state index in [1.165, 1.54) is 0 Å². The number of nitrogens with zero attached hydrogens (tertiary/aromatic N) is 1. The molecule has 1 atom stereocenters. The van der Waals surface area contributed by atoms with Gasteiger partial charge in [-0.15, -0.1) is 0 Å². The summed E-state index contributed by atoms with van der Waals surface area (Å²) in [4.78, 5) is 13.6. The molecule has 2 rings (SSSR count). The minimum absolute atomic E-state index is 0.0790. The van der Waals surface area contributed by atoms with Crippen molar-refractivity contribution in [1.29, 1.82) is 0 Å². The minimum atomic E-state index is -0.249. The predicted octanol–water partition coefficient (Wildman–Crippen LogP) is 3.04. The molecule has 18 heavy (non-hydrogen) atoms. The Kier molecular flexibility index (Phi) is 3.64. The largest absolute Gasteiger partial charge is 0.369 e. The number of ether oxygens (including phenoxy) is 1. The van der Waals surface area contributed by atoms with Crippen molar-refractivity contribution in [1.82, 2.24) is 4.90 Å². The van der Waals surface area contributed by atoms with Gasteiger partial charge in [0, 0.05) is 11.9 Å². The van der Waals surface area contributed by atoms with Gasteiger partial charge in [0.1, 0.15) is 6.10 Å². The van der Waals surface area contributed by atoms with Gasteiger partial charge in [-0.1, -0.05) is 23.7 Å². The molecule has 3 nitrogen and oxygen atoms in total. The summed E-state index contributed by atoms with van der Waals surface area (Å²) in [6, 6.07) is 7.61. The molecule has 1 saturated heterocycles. The highest BCUT2D eigenvalue weighted by Gasteiger charge is 2.37. The third-order valence-corrected chi connectivity index (χ3v) is 3.55. The molecule has 0 N–H and O–H groups in total. The van der Waals surface area contributed by atoms with E-state index in [0.29, 0.717) is 18.2 Å². The van der Waals surface area contributed by atoms with E-state index in [-0.39, 0.29) is 17.6 Å². The molecule has 1 aromatic carbocycles. The summed E-state index contributed by atoms with van der Waals surface area (Å²) in [7, 11) is 0. The predicted molar refractivity (Wildman–Crippen MR) is 71.6 cm³/mol. The van der Waals surface area contributed by atoms with E-state index in [2.05, 4.69) is 0 Å². The molecular weight excluding hydrogens is 250 g/mol. The lowest BCUT2D eigenvalue weighted by Crippen LogP contribution is -2.55. The average Bonchev–Trinajstić information content (AvgIpc) is 2.28. The van der Waals surface area contributed by atoms with Crippen molar-refractivity contribution in [2.75, 3.05) is 13.2 Å². The van der Waals surface area contributed by atoms with Crippen LogP contribution in [0.4, 0.5) is 0 Å². The molecule has 1 aromatic rings. The second-order valence-electron chi connectivity index (χ2n) is 5.30. The van der Waals surface area contributed by atoms with Crippen LogP contribution in [0.1, 0.15) is 32.4 Å². The Morgan fingerprint density at radius 2 is 2.22 bits per heavy atom. The number of halogens is 1. The lowest BCUT2D eigenvalue weighted by Gasteiger charge is -2.45. The van der Waals surface area contributed by atoms with Gasteiger partial charge in [-0.2, -0.15) is 0 Å². The molecule has 98 valence electrons. The van der Waals surface area contributed by atoms with E-state index in [1.54, 1.807) is 6.92 Å². The van der Waals surface area contributed by atoms with Crippen LogP contribution in [0.25, 0.3) is 0 Å². The highest BCUT2D eigenvalue weighted by atomic mass is 35.5. The zero-order valence-corrected chi connectivity index (χ0v) is 11.7. The standard InChI is InChI=1S/C14H18ClNO2/c1-10(17)16-8-13(18-9-14(16,2)3)11-5-4-6-12(15)7-11/h4-7,13H,8-9H2,1-3H3. The molecule has 0 saturated carbocycles. The molecule has 1 aliphatic heterocycles. The summed E-state index contributed by atoms with van der Waals surface area (Å²) in [5.74, 6) is 0.0790. The first kappa shape index (κ1) is 13.4. The van der Waals surface area contributed by atoms with Crippen LogP contribution in [0.15, 0.2) is 24.3 Å². The molecule has 1 fully saturated rings. The maximum absolute atomic E-state index is 11.7. The van der Waals surface area contributed by atoms with Gasteiger partial charge in [0.2, 0.25) is 5.91 Å². The normalized spacial score (nSPS) is 22.9. The molecular formula is C14H18ClNO2. The minimum Gasteiger partial charge on any atom is -0.369 e. The second kappa shape index (κ2) is 4.90. The number of hydrogen-bond donors (Lipinski definition) is 0. The maximum atomic E-state index is 11.7. The summed E-state index contributed by atoms with van der Waals surface area (Å²) < 4.78 is 5.86. The van der Waals surface area contributed by atoms with Crippen LogP contribution in [0.2, 0.25) is 5.02 Å². The fraction of sp³-hybridized carbons (Fsp3) is 0.500. The van der Waals surface area contributed by atoms with Gasteiger partial charge in [0.05, 0.1) is 18.7 Å². The number of morpholine rings is 1. The number of carbonyl (C=O) groups is 1. The van der Waals surface area contributed by atoms with Crippen LogP contribution in [0, 0.1) is 0 Å². The molecule has 1 unspecified atom stereocenters. The average molecular weight is 268 g/mol. The molecule has 0 radical (unpaired) electrons. The molecule has 0 aromatic heterocycles. The van der Waals surface area contributed by atoms with Crippen molar-refractivity contribution in [2.24, 2.45) is 0 Å². The summed E-state index contributed by atoms with van der Waals surface area (Å²) in [5, 5.41) is 0.690. The zero-order chi connectivity index (χ0) is 13.3. The third-order valence-electron chi connectivity index (χ3n) is 3.32. The molecule has 0 spiro atoms. The smallest absolute Gasteiger partial charge is 0.220 e. The van der Waals surface area contributed by atoms with Crippen LogP contribution >= 0.6 is 11.6 Å². The van der Waals surface area contributed by atoms with E-state index in [1.807, 2.05) is 43.0 Å². The molecule has 1 aliphatic rings. The zero-order valence-electron chi connectivity index (χ0n) is 10.9. The van der Waals surface area contributed by atoms with Crippen LogP contribution in [0.5, 0.6) is 0 Å². The number of amides is 1. The molecule has 0 bridgehead atoms. The van der Waals surface area contributed by atoms with Crippen molar-refractivity contribution in [2.45, 2.75) is 32.4 Å². The van der Waals surface area contributed by atoms with Crippen molar-refractivity contribution in [3.05, 3.63) is 34.9 Å². The second-order valence-corrected chi connectivity index (χ2v) is 5.73. The van der Waals surface area contributed by atoms with Gasteiger partial charge < -0.3 is 9.64 Å². The molecule has 0 aliphatic carbocycles. The molecule has 4 heteroatoms. The first-order valence-electron chi connectivity index (χ1n) is 6.05. The topological polar surface area (TPSA) is 29.5 Å². The Morgan fingerprint density at radius 1 is 1.50 bits per heavy atom. The van der Waals surface area contributed by atoms with Gasteiger partial charge in [-0.25, -0.2) is 0 Å². The lowest BCUT2D eigenvalue weighted by molar-refractivity contribution is -0.152. The Morgan fingerprint density at radius 3 is 2.83 bits per heavy atom. The van der Waals surface area contributed by atoms with E-state index in [4.69, 9.17) is 16.3 Å². The third kappa shape index (κ3) is 2.68. The number of benzene rings is 1. The van der Waals surface area contributed by atoms with Gasteiger partial charge in [-0.05, 0) is 31.5 Å².